The molecule has 0 unspecified atom stereocenters. The van der Waals surface area contributed by atoms with Gasteiger partial charge in [-0.15, -0.1) is 11.3 Å². The van der Waals surface area contributed by atoms with Crippen LogP contribution in [-0.2, 0) is 0 Å². The number of nitrogens with zero attached hydrogens (tertiary/aromatic N) is 1. The average molecular weight is 196 g/mol. The van der Waals surface area contributed by atoms with E-state index in [4.69, 9.17) is 5.11 Å². The molecule has 0 saturated heterocycles. The Bertz CT molecular complexity index is 324. The molecule has 0 atom stereocenters. The van der Waals surface area contributed by atoms with Crippen molar-refractivity contribution in [1.82, 2.24) is 10.3 Å². The minimum Gasteiger partial charge on any atom is -0.384 e. The van der Waals surface area contributed by atoms with E-state index in [1.54, 1.807) is 10.9 Å². The predicted octanol–water partition coefficient (Wildman–Crippen LogP) is -0.131. The van der Waals surface area contributed by atoms with Crippen LogP contribution in [0.25, 0.3) is 0 Å². The van der Waals surface area contributed by atoms with Gasteiger partial charge in [0.05, 0.1) is 12.1 Å². The molecule has 0 saturated carbocycles. The van der Waals surface area contributed by atoms with Crippen molar-refractivity contribution in [2.45, 2.75) is 0 Å². The predicted molar refractivity (Wildman–Crippen MR) is 49.3 cm³/mol. The quantitative estimate of drug-likeness (QED) is 0.648. The number of amides is 1. The molecule has 0 aliphatic rings. The molecular formula is C8H8N2O2S. The van der Waals surface area contributed by atoms with Crippen molar-refractivity contribution in [3.8, 4) is 11.8 Å². The first-order chi connectivity index (χ1) is 6.34. The van der Waals surface area contributed by atoms with Gasteiger partial charge in [-0.25, -0.2) is 4.98 Å². The molecule has 2 N–H and O–H groups in total. The number of carbonyl (C=O) groups is 1. The van der Waals surface area contributed by atoms with Crippen molar-refractivity contribution in [3.63, 3.8) is 0 Å². The maximum atomic E-state index is 11.2. The van der Waals surface area contributed by atoms with Crippen LogP contribution >= 0.6 is 11.3 Å². The van der Waals surface area contributed by atoms with Crippen LogP contribution in [0.3, 0.4) is 0 Å². The van der Waals surface area contributed by atoms with Crippen LogP contribution in [0.4, 0.5) is 0 Å². The number of thiazole rings is 1. The smallest absolute Gasteiger partial charge is 0.271 e. The van der Waals surface area contributed by atoms with Crippen molar-refractivity contribution in [3.05, 3.63) is 16.6 Å². The van der Waals surface area contributed by atoms with E-state index in [0.29, 0.717) is 5.69 Å². The Hall–Kier alpha value is -1.38. The van der Waals surface area contributed by atoms with E-state index in [1.807, 2.05) is 0 Å². The zero-order valence-electron chi connectivity index (χ0n) is 6.78. The zero-order valence-corrected chi connectivity index (χ0v) is 7.60. The summed E-state index contributed by atoms with van der Waals surface area (Å²) in [5, 5.41) is 12.5. The van der Waals surface area contributed by atoms with Crippen LogP contribution in [0.2, 0.25) is 0 Å². The van der Waals surface area contributed by atoms with Gasteiger partial charge in [-0.1, -0.05) is 11.8 Å². The summed E-state index contributed by atoms with van der Waals surface area (Å²) in [6, 6.07) is 0. The molecule has 0 spiro atoms. The Balaban J connectivity index is 2.35. The highest BCUT2D eigenvalue weighted by molar-refractivity contribution is 7.07. The van der Waals surface area contributed by atoms with Gasteiger partial charge in [0.25, 0.3) is 5.91 Å². The van der Waals surface area contributed by atoms with E-state index in [1.165, 1.54) is 11.3 Å². The first-order valence-electron chi connectivity index (χ1n) is 3.57. The van der Waals surface area contributed by atoms with Gasteiger partial charge in [0.2, 0.25) is 0 Å². The summed E-state index contributed by atoms with van der Waals surface area (Å²) in [6.07, 6.45) is 0. The van der Waals surface area contributed by atoms with E-state index in [0.717, 1.165) is 0 Å². The molecule has 1 amide bonds. The lowest BCUT2D eigenvalue weighted by molar-refractivity contribution is 0.0954. The Kier molecular flexibility index (Phi) is 3.96. The monoisotopic (exact) mass is 196 g/mol. The third kappa shape index (κ3) is 3.23. The summed E-state index contributed by atoms with van der Waals surface area (Å²) in [5.41, 5.74) is 1.99. The van der Waals surface area contributed by atoms with Gasteiger partial charge in [0.1, 0.15) is 12.3 Å². The lowest BCUT2D eigenvalue weighted by Crippen LogP contribution is -2.23. The van der Waals surface area contributed by atoms with Crippen molar-refractivity contribution >= 4 is 17.2 Å². The van der Waals surface area contributed by atoms with Gasteiger partial charge < -0.3 is 10.4 Å². The molecule has 0 radical (unpaired) electrons. The molecule has 1 aromatic rings. The molecule has 1 aromatic heterocycles. The summed E-state index contributed by atoms with van der Waals surface area (Å²) >= 11 is 1.36. The fourth-order valence-corrected chi connectivity index (χ4v) is 1.19. The summed E-state index contributed by atoms with van der Waals surface area (Å²) in [6.45, 7) is 0.0451. The molecule has 1 rings (SSSR count). The number of aromatic nitrogens is 1. The highest BCUT2D eigenvalue weighted by atomic mass is 32.1. The van der Waals surface area contributed by atoms with E-state index in [9.17, 15) is 4.79 Å². The van der Waals surface area contributed by atoms with Crippen molar-refractivity contribution < 1.29 is 9.90 Å². The largest absolute Gasteiger partial charge is 0.384 e. The first kappa shape index (κ1) is 9.71. The molecule has 0 aliphatic heterocycles. The second kappa shape index (κ2) is 5.30. The van der Waals surface area contributed by atoms with Gasteiger partial charge >= 0.3 is 0 Å². The van der Waals surface area contributed by atoms with Crippen LogP contribution in [0.15, 0.2) is 10.9 Å². The molecule has 0 aromatic carbocycles. The Labute approximate surface area is 79.6 Å². The lowest BCUT2D eigenvalue weighted by atomic mass is 10.4. The van der Waals surface area contributed by atoms with Crippen LogP contribution in [0.1, 0.15) is 10.5 Å². The van der Waals surface area contributed by atoms with E-state index in [2.05, 4.69) is 22.1 Å². The number of aliphatic hydroxyl groups is 1. The number of carbonyl (C=O) groups excluding carboxylic acids is 1. The van der Waals surface area contributed by atoms with E-state index < -0.39 is 0 Å². The third-order valence-electron chi connectivity index (χ3n) is 1.21. The highest BCUT2D eigenvalue weighted by Crippen LogP contribution is 1.99. The fourth-order valence-electron chi connectivity index (χ4n) is 0.658. The third-order valence-corrected chi connectivity index (χ3v) is 1.79. The van der Waals surface area contributed by atoms with Gasteiger partial charge in [0.15, 0.2) is 0 Å². The minimum atomic E-state index is -0.242. The van der Waals surface area contributed by atoms with Gasteiger partial charge in [-0.3, -0.25) is 4.79 Å². The molecule has 5 heteroatoms. The van der Waals surface area contributed by atoms with Crippen LogP contribution < -0.4 is 5.32 Å². The number of aliphatic hydroxyl groups excluding tert-OH is 1. The second-order valence-corrected chi connectivity index (χ2v) is 2.79. The number of nitrogens with one attached hydrogen (secondary N) is 1. The fraction of sp³-hybridized carbons (Fsp3) is 0.250. The summed E-state index contributed by atoms with van der Waals surface area (Å²) in [7, 11) is 0. The van der Waals surface area contributed by atoms with Crippen LogP contribution in [0.5, 0.6) is 0 Å². The van der Waals surface area contributed by atoms with Gasteiger partial charge in [-0.2, -0.15) is 0 Å². The average Bonchev–Trinajstić information content (AvgIpc) is 2.65. The second-order valence-electron chi connectivity index (χ2n) is 2.07. The Morgan fingerprint density at radius 3 is 3.15 bits per heavy atom. The van der Waals surface area contributed by atoms with Crippen molar-refractivity contribution in [1.29, 1.82) is 0 Å². The summed E-state index contributed by atoms with van der Waals surface area (Å²) < 4.78 is 0. The van der Waals surface area contributed by atoms with Crippen molar-refractivity contribution in [2.75, 3.05) is 13.2 Å². The van der Waals surface area contributed by atoms with Crippen molar-refractivity contribution in [2.24, 2.45) is 0 Å². The standard InChI is InChI=1S/C8H8N2O2S/c11-4-2-1-3-9-8(12)7-5-13-6-10-7/h5-6,11H,3-4H2,(H,9,12). The maximum absolute atomic E-state index is 11.2. The van der Waals surface area contributed by atoms with Crippen LogP contribution in [0, 0.1) is 11.8 Å². The normalized spacial score (nSPS) is 8.69. The summed E-state index contributed by atoms with van der Waals surface area (Å²) in [4.78, 5) is 15.0. The van der Waals surface area contributed by atoms with Gasteiger partial charge in [-0.05, 0) is 0 Å². The zero-order chi connectivity index (χ0) is 9.52. The molecule has 0 fully saturated rings. The highest BCUT2D eigenvalue weighted by Gasteiger charge is 2.04. The molecule has 1 heterocycles. The maximum Gasteiger partial charge on any atom is 0.271 e. The van der Waals surface area contributed by atoms with Crippen LogP contribution in [-0.4, -0.2) is 29.1 Å². The Morgan fingerprint density at radius 1 is 1.69 bits per heavy atom. The molecular weight excluding hydrogens is 188 g/mol. The molecule has 4 nitrogen and oxygen atoms in total. The SMILES string of the molecule is O=C(NCC#CCO)c1cscn1. The Morgan fingerprint density at radius 2 is 2.54 bits per heavy atom. The first-order valence-corrected chi connectivity index (χ1v) is 4.52. The molecule has 13 heavy (non-hydrogen) atoms. The molecule has 68 valence electrons. The minimum absolute atomic E-state index is 0.188. The van der Waals surface area contributed by atoms with E-state index in [-0.39, 0.29) is 19.1 Å². The van der Waals surface area contributed by atoms with Gasteiger partial charge in [0, 0.05) is 5.38 Å². The lowest BCUT2D eigenvalue weighted by Gasteiger charge is -1.95. The topological polar surface area (TPSA) is 62.2 Å². The molecule has 0 bridgehead atoms. The molecule has 0 aliphatic carbocycles. The number of hydrogen-bond donors (Lipinski definition) is 2. The van der Waals surface area contributed by atoms with E-state index >= 15 is 0 Å². The number of rotatable bonds is 2. The number of hydrogen-bond acceptors (Lipinski definition) is 4. The summed E-state index contributed by atoms with van der Waals surface area (Å²) in [5.74, 6) is 4.75.